The number of aliphatic hydroxyl groups is 1. The van der Waals surface area contributed by atoms with Crippen LogP contribution < -0.4 is 5.32 Å². The summed E-state index contributed by atoms with van der Waals surface area (Å²) in [5.41, 5.74) is 6.75. The topological polar surface area (TPSA) is 123 Å². The van der Waals surface area contributed by atoms with Crippen LogP contribution in [0.2, 0.25) is 0 Å². The highest BCUT2D eigenvalue weighted by Gasteiger charge is 2.42. The van der Waals surface area contributed by atoms with Gasteiger partial charge in [-0.05, 0) is 92.2 Å². The fourth-order valence-corrected chi connectivity index (χ4v) is 7.31. The summed E-state index contributed by atoms with van der Waals surface area (Å²) < 4.78 is 19.4. The summed E-state index contributed by atoms with van der Waals surface area (Å²) in [7, 11) is 0. The van der Waals surface area contributed by atoms with Gasteiger partial charge in [-0.15, -0.1) is 0 Å². The number of carbonyl (C=O) groups is 2. The molecule has 0 spiro atoms. The third kappa shape index (κ3) is 8.69. The Labute approximate surface area is 316 Å². The standard InChI is InChI=1S/C44H48N4O6/c1-28-39(26-48-21-9-16-38(48)42(51)54-44(2,3)4)52-43(53-40(28)31-19-17-29(27-49)18-20-31)34-13-8-12-33(23-34)32-11-7-10-30(22-32)24-46-41(50)37-25-45-35-14-5-6-15-36(35)47-37/h5-8,10-15,17-20,22-23,25,28,38-40,43,49H,9,16,21,24,26-27H2,1-4H3,(H,46,50)/t28-,38+,39+,40+,43+/m1/s1. The van der Waals surface area contributed by atoms with Crippen LogP contribution in [0.15, 0.2) is 103 Å². The molecule has 10 heteroatoms. The van der Waals surface area contributed by atoms with Crippen molar-refractivity contribution in [3.05, 3.63) is 131 Å². The van der Waals surface area contributed by atoms with Gasteiger partial charge < -0.3 is 24.6 Å². The fraction of sp³-hybridized carbons (Fsp3) is 0.364. The van der Waals surface area contributed by atoms with Gasteiger partial charge in [0.25, 0.3) is 5.91 Å². The number of aromatic nitrogens is 2. The van der Waals surface area contributed by atoms with E-state index in [1.54, 1.807) is 0 Å². The maximum atomic E-state index is 13.2. The Bertz CT molecular complexity index is 2100. The first-order valence-corrected chi connectivity index (χ1v) is 18.7. The number of rotatable bonds is 10. The fourth-order valence-electron chi connectivity index (χ4n) is 7.31. The lowest BCUT2D eigenvalue weighted by Crippen LogP contribution is -2.48. The quantitative estimate of drug-likeness (QED) is 0.143. The van der Waals surface area contributed by atoms with Crippen molar-refractivity contribution in [1.82, 2.24) is 20.2 Å². The van der Waals surface area contributed by atoms with Gasteiger partial charge in [0, 0.05) is 24.6 Å². The number of aliphatic hydroxyl groups excluding tert-OH is 1. The van der Waals surface area contributed by atoms with Crippen molar-refractivity contribution >= 4 is 22.9 Å². The second kappa shape index (κ2) is 16.2. The number of amides is 1. The molecular weight excluding hydrogens is 681 g/mol. The Balaban J connectivity index is 1.10. The van der Waals surface area contributed by atoms with Crippen LogP contribution in [0.1, 0.15) is 85.7 Å². The summed E-state index contributed by atoms with van der Waals surface area (Å²) in [4.78, 5) is 37.3. The van der Waals surface area contributed by atoms with Crippen molar-refractivity contribution in [3.8, 4) is 11.1 Å². The van der Waals surface area contributed by atoms with Crippen LogP contribution in [-0.2, 0) is 32.2 Å². The number of fused-ring (bicyclic) bond motifs is 1. The predicted molar refractivity (Wildman–Crippen MR) is 206 cm³/mol. The molecule has 0 bridgehead atoms. The van der Waals surface area contributed by atoms with Gasteiger partial charge >= 0.3 is 5.97 Å². The average molecular weight is 729 g/mol. The lowest BCUT2D eigenvalue weighted by molar-refractivity contribution is -0.276. The van der Waals surface area contributed by atoms with E-state index >= 15 is 0 Å². The van der Waals surface area contributed by atoms with E-state index in [0.29, 0.717) is 18.6 Å². The van der Waals surface area contributed by atoms with Gasteiger partial charge in [0.15, 0.2) is 6.29 Å². The lowest BCUT2D eigenvalue weighted by Gasteiger charge is -2.43. The molecule has 2 fully saturated rings. The molecular formula is C44H48N4O6. The van der Waals surface area contributed by atoms with Crippen molar-refractivity contribution in [2.24, 2.45) is 5.92 Å². The van der Waals surface area contributed by atoms with E-state index in [0.717, 1.165) is 58.3 Å². The molecule has 1 amide bonds. The summed E-state index contributed by atoms with van der Waals surface area (Å²) in [5, 5.41) is 12.7. The predicted octanol–water partition coefficient (Wildman–Crippen LogP) is 7.32. The van der Waals surface area contributed by atoms with Crippen molar-refractivity contribution < 1.29 is 28.9 Å². The molecule has 4 aromatic carbocycles. The number of likely N-dealkylation sites (tertiary alicyclic amines) is 1. The minimum Gasteiger partial charge on any atom is -0.459 e. The van der Waals surface area contributed by atoms with Crippen molar-refractivity contribution in [3.63, 3.8) is 0 Å². The Morgan fingerprint density at radius 1 is 0.889 bits per heavy atom. The largest absolute Gasteiger partial charge is 0.459 e. The zero-order valence-corrected chi connectivity index (χ0v) is 31.3. The number of carbonyl (C=O) groups excluding carboxylic acids is 2. The highest BCUT2D eigenvalue weighted by atomic mass is 16.7. The number of ether oxygens (including phenoxy) is 3. The van der Waals surface area contributed by atoms with E-state index in [9.17, 15) is 14.7 Å². The third-order valence-electron chi connectivity index (χ3n) is 10.1. The summed E-state index contributed by atoms with van der Waals surface area (Å²) in [5.74, 6) is -0.510. The molecule has 1 aromatic heterocycles. The van der Waals surface area contributed by atoms with Gasteiger partial charge in [0.1, 0.15) is 17.3 Å². The number of nitrogens with one attached hydrogen (secondary N) is 1. The molecule has 5 atom stereocenters. The van der Waals surface area contributed by atoms with E-state index in [2.05, 4.69) is 45.3 Å². The van der Waals surface area contributed by atoms with Gasteiger partial charge in [-0.3, -0.25) is 19.5 Å². The molecule has 2 saturated heterocycles. The molecule has 2 aliphatic heterocycles. The van der Waals surface area contributed by atoms with Gasteiger partial charge in [0.05, 0.1) is 36.0 Å². The Kier molecular flexibility index (Phi) is 11.2. The van der Waals surface area contributed by atoms with Crippen LogP contribution in [0.25, 0.3) is 22.2 Å². The summed E-state index contributed by atoms with van der Waals surface area (Å²) >= 11 is 0. The minimum absolute atomic E-state index is 0.0308. The zero-order chi connectivity index (χ0) is 37.8. The summed E-state index contributed by atoms with van der Waals surface area (Å²) in [6, 6.07) is 31.3. The first-order chi connectivity index (χ1) is 26.0. The SMILES string of the molecule is C[C@@H]1[C@H](CN2CCC[C@H]2C(=O)OC(C)(C)C)O[C@H](c2cccc(-c3cccc(CNC(=O)c4cnc5ccccc5n4)c3)c2)O[C@@H]1c1ccc(CO)cc1. The van der Waals surface area contributed by atoms with Crippen LogP contribution in [0.5, 0.6) is 0 Å². The number of hydrogen-bond acceptors (Lipinski definition) is 9. The molecule has 0 unspecified atom stereocenters. The van der Waals surface area contributed by atoms with E-state index in [4.69, 9.17) is 14.2 Å². The normalized spacial score (nSPS) is 21.9. The molecule has 54 heavy (non-hydrogen) atoms. The minimum atomic E-state index is -0.665. The molecule has 7 rings (SSSR count). The zero-order valence-electron chi connectivity index (χ0n) is 31.3. The number of para-hydroxylation sites is 2. The summed E-state index contributed by atoms with van der Waals surface area (Å²) in [6.45, 7) is 9.48. The maximum Gasteiger partial charge on any atom is 0.323 e. The molecule has 10 nitrogen and oxygen atoms in total. The highest BCUT2D eigenvalue weighted by molar-refractivity contribution is 5.93. The average Bonchev–Trinajstić information content (AvgIpc) is 3.65. The van der Waals surface area contributed by atoms with Crippen LogP contribution in [0.4, 0.5) is 0 Å². The second-order valence-electron chi connectivity index (χ2n) is 15.3. The first kappa shape index (κ1) is 37.3. The first-order valence-electron chi connectivity index (χ1n) is 18.7. The van der Waals surface area contributed by atoms with Crippen molar-refractivity contribution in [2.75, 3.05) is 13.1 Å². The number of nitrogens with zero attached hydrogens (tertiary/aromatic N) is 3. The van der Waals surface area contributed by atoms with Crippen LogP contribution >= 0.6 is 0 Å². The summed E-state index contributed by atoms with van der Waals surface area (Å²) in [6.07, 6.45) is 1.98. The lowest BCUT2D eigenvalue weighted by atomic mass is 9.89. The molecule has 3 heterocycles. The molecule has 0 radical (unpaired) electrons. The molecule has 2 N–H and O–H groups in total. The van der Waals surface area contributed by atoms with Crippen LogP contribution in [-0.4, -0.2) is 62.7 Å². The number of esters is 1. The number of benzene rings is 4. The van der Waals surface area contributed by atoms with Crippen molar-refractivity contribution in [2.45, 2.75) is 83.8 Å². The Morgan fingerprint density at radius 3 is 2.39 bits per heavy atom. The van der Waals surface area contributed by atoms with E-state index < -0.39 is 11.9 Å². The monoisotopic (exact) mass is 728 g/mol. The van der Waals surface area contributed by atoms with Gasteiger partial charge in [0.2, 0.25) is 0 Å². The van der Waals surface area contributed by atoms with E-state index in [1.165, 1.54) is 6.20 Å². The maximum absolute atomic E-state index is 13.2. The third-order valence-corrected chi connectivity index (χ3v) is 10.1. The Morgan fingerprint density at radius 2 is 1.63 bits per heavy atom. The molecule has 2 aliphatic rings. The van der Waals surface area contributed by atoms with Gasteiger partial charge in [-0.2, -0.15) is 0 Å². The highest BCUT2D eigenvalue weighted by Crippen LogP contribution is 2.43. The van der Waals surface area contributed by atoms with Gasteiger partial charge in [-0.1, -0.05) is 79.7 Å². The van der Waals surface area contributed by atoms with Crippen LogP contribution in [0.3, 0.4) is 0 Å². The van der Waals surface area contributed by atoms with E-state index in [-0.39, 0.29) is 48.3 Å². The van der Waals surface area contributed by atoms with Crippen molar-refractivity contribution in [1.29, 1.82) is 0 Å². The number of hydrogen-bond donors (Lipinski definition) is 2. The smallest absolute Gasteiger partial charge is 0.323 e. The molecule has 0 saturated carbocycles. The Hall–Kier alpha value is -5.00. The molecule has 5 aromatic rings. The van der Waals surface area contributed by atoms with Gasteiger partial charge in [-0.25, -0.2) is 4.98 Å². The van der Waals surface area contributed by atoms with Crippen LogP contribution in [0, 0.1) is 5.92 Å². The van der Waals surface area contributed by atoms with E-state index in [1.807, 2.05) is 99.6 Å². The molecule has 0 aliphatic carbocycles. The second-order valence-corrected chi connectivity index (χ2v) is 15.3. The molecule has 280 valence electrons.